The van der Waals surface area contributed by atoms with E-state index in [1.54, 1.807) is 6.26 Å². The molecule has 0 fully saturated rings. The van der Waals surface area contributed by atoms with Gasteiger partial charge in [-0.1, -0.05) is 12.1 Å². The molecule has 8 heteroatoms. The number of thioether (sulfide) groups is 1. The number of hydrogen-bond donors (Lipinski definition) is 1. The quantitative estimate of drug-likeness (QED) is 0.556. The number of hydrogen-bond acceptors (Lipinski definition) is 4. The Morgan fingerprint density at radius 2 is 1.74 bits per heavy atom. The fraction of sp³-hybridized carbons (Fsp3) is 0.105. The zero-order valence-corrected chi connectivity index (χ0v) is 14.6. The molecule has 1 amide bonds. The Kier molecular flexibility index (Phi) is 5.75. The Morgan fingerprint density at radius 1 is 1.04 bits per heavy atom. The first kappa shape index (κ1) is 18.9. The molecule has 3 aromatic rings. The molecule has 3 rings (SSSR count). The van der Waals surface area contributed by atoms with Crippen molar-refractivity contribution in [1.82, 2.24) is 0 Å². The molecule has 4 nitrogen and oxygen atoms in total. The van der Waals surface area contributed by atoms with Gasteiger partial charge in [0.1, 0.15) is 11.5 Å². The van der Waals surface area contributed by atoms with E-state index in [2.05, 4.69) is 10.1 Å². The maximum Gasteiger partial charge on any atom is 0.573 e. The van der Waals surface area contributed by atoms with Crippen LogP contribution in [0.5, 0.6) is 5.75 Å². The molecular formula is C19H14F3NO3S. The van der Waals surface area contributed by atoms with E-state index >= 15 is 0 Å². The van der Waals surface area contributed by atoms with Gasteiger partial charge in [0.15, 0.2) is 0 Å². The van der Waals surface area contributed by atoms with Crippen LogP contribution in [-0.4, -0.2) is 18.0 Å². The number of halogens is 3. The van der Waals surface area contributed by atoms with Gasteiger partial charge < -0.3 is 14.5 Å². The van der Waals surface area contributed by atoms with Crippen LogP contribution in [0.4, 0.5) is 18.9 Å². The summed E-state index contributed by atoms with van der Waals surface area (Å²) >= 11 is 1.35. The van der Waals surface area contributed by atoms with E-state index in [1.807, 2.05) is 36.4 Å². The van der Waals surface area contributed by atoms with Gasteiger partial charge in [0, 0.05) is 16.1 Å². The second-order valence-electron chi connectivity index (χ2n) is 5.41. The van der Waals surface area contributed by atoms with E-state index in [1.165, 1.54) is 23.9 Å². The highest BCUT2D eigenvalue weighted by atomic mass is 32.2. The largest absolute Gasteiger partial charge is 0.573 e. The van der Waals surface area contributed by atoms with E-state index < -0.39 is 6.36 Å². The van der Waals surface area contributed by atoms with Crippen molar-refractivity contribution in [2.45, 2.75) is 11.3 Å². The molecule has 0 saturated carbocycles. The van der Waals surface area contributed by atoms with Crippen LogP contribution in [0.15, 0.2) is 76.2 Å². The highest BCUT2D eigenvalue weighted by Gasteiger charge is 2.30. The summed E-state index contributed by atoms with van der Waals surface area (Å²) in [4.78, 5) is 12.9. The highest BCUT2D eigenvalue weighted by molar-refractivity contribution is 8.00. The van der Waals surface area contributed by atoms with E-state index in [9.17, 15) is 18.0 Å². The van der Waals surface area contributed by atoms with Crippen LogP contribution in [0, 0.1) is 0 Å². The van der Waals surface area contributed by atoms with Crippen molar-refractivity contribution in [2.75, 3.05) is 11.1 Å². The number of alkyl halides is 3. The van der Waals surface area contributed by atoms with Gasteiger partial charge in [-0.05, 0) is 48.5 Å². The molecule has 1 N–H and O–H groups in total. The molecule has 0 atom stereocenters. The summed E-state index contributed by atoms with van der Waals surface area (Å²) in [5.74, 6) is 0.328. The summed E-state index contributed by atoms with van der Waals surface area (Å²) < 4.78 is 45.5. The van der Waals surface area contributed by atoms with E-state index in [0.29, 0.717) is 5.69 Å². The smallest absolute Gasteiger partial charge is 0.464 e. The normalized spacial score (nSPS) is 11.2. The van der Waals surface area contributed by atoms with Crippen LogP contribution >= 0.6 is 11.8 Å². The fourth-order valence-electron chi connectivity index (χ4n) is 2.24. The molecule has 1 aromatic heterocycles. The van der Waals surface area contributed by atoms with Gasteiger partial charge in [-0.3, -0.25) is 4.79 Å². The number of amides is 1. The lowest BCUT2D eigenvalue weighted by Crippen LogP contribution is -2.17. The van der Waals surface area contributed by atoms with Crippen molar-refractivity contribution >= 4 is 23.4 Å². The molecule has 0 bridgehead atoms. The summed E-state index contributed by atoms with van der Waals surface area (Å²) in [5.41, 5.74) is 1.33. The Morgan fingerprint density at radius 3 is 2.33 bits per heavy atom. The Hall–Kier alpha value is -2.87. The second-order valence-corrected chi connectivity index (χ2v) is 6.46. The fourth-order valence-corrected chi connectivity index (χ4v) is 2.94. The number of carbonyl (C=O) groups excluding carboxylic acids is 1. The van der Waals surface area contributed by atoms with E-state index in [0.717, 1.165) is 28.4 Å². The monoisotopic (exact) mass is 393 g/mol. The van der Waals surface area contributed by atoms with Crippen molar-refractivity contribution in [1.29, 1.82) is 0 Å². The minimum Gasteiger partial charge on any atom is -0.464 e. The maximum absolute atomic E-state index is 12.1. The van der Waals surface area contributed by atoms with Crippen LogP contribution in [0.2, 0.25) is 0 Å². The molecule has 140 valence electrons. The van der Waals surface area contributed by atoms with Crippen LogP contribution in [0.1, 0.15) is 0 Å². The lowest BCUT2D eigenvalue weighted by Gasteiger charge is -2.10. The zero-order chi connectivity index (χ0) is 19.3. The number of furan rings is 1. The van der Waals surface area contributed by atoms with Crippen LogP contribution in [0.3, 0.4) is 0 Å². The first-order valence-corrected chi connectivity index (χ1v) is 8.80. The molecule has 0 unspecified atom stereocenters. The second kappa shape index (κ2) is 8.22. The van der Waals surface area contributed by atoms with Gasteiger partial charge in [0.2, 0.25) is 5.91 Å². The molecule has 0 saturated heterocycles. The number of rotatable bonds is 6. The third-order valence-electron chi connectivity index (χ3n) is 3.40. The molecule has 0 radical (unpaired) electrons. The average molecular weight is 393 g/mol. The SMILES string of the molecule is O=C(CSc1ccc(-c2ccco2)cc1)Nc1ccc(OC(F)(F)F)cc1. The standard InChI is InChI=1S/C19H14F3NO3S/c20-19(21,22)26-15-7-5-14(6-8-15)23-18(24)12-27-16-9-3-13(4-10-16)17-2-1-11-25-17/h1-11H,12H2,(H,23,24). The molecular weight excluding hydrogens is 379 g/mol. The third kappa shape index (κ3) is 5.82. The minimum atomic E-state index is -4.74. The van der Waals surface area contributed by atoms with Crippen molar-refractivity contribution < 1.29 is 27.1 Å². The first-order valence-electron chi connectivity index (χ1n) is 7.81. The van der Waals surface area contributed by atoms with Crippen molar-refractivity contribution in [3.63, 3.8) is 0 Å². The maximum atomic E-state index is 12.1. The molecule has 27 heavy (non-hydrogen) atoms. The van der Waals surface area contributed by atoms with Crippen molar-refractivity contribution in [2.24, 2.45) is 0 Å². The highest BCUT2D eigenvalue weighted by Crippen LogP contribution is 2.26. The van der Waals surface area contributed by atoms with E-state index in [-0.39, 0.29) is 17.4 Å². The van der Waals surface area contributed by atoms with Gasteiger partial charge in [0.25, 0.3) is 0 Å². The number of ether oxygens (including phenoxy) is 1. The van der Waals surface area contributed by atoms with Crippen LogP contribution in [0.25, 0.3) is 11.3 Å². The topological polar surface area (TPSA) is 51.5 Å². The molecule has 1 heterocycles. The molecule has 0 aliphatic carbocycles. The predicted molar refractivity (Wildman–Crippen MR) is 96.6 cm³/mol. The van der Waals surface area contributed by atoms with Gasteiger partial charge in [-0.2, -0.15) is 0 Å². The van der Waals surface area contributed by atoms with Gasteiger partial charge >= 0.3 is 6.36 Å². The lowest BCUT2D eigenvalue weighted by molar-refractivity contribution is -0.274. The van der Waals surface area contributed by atoms with Crippen LogP contribution in [-0.2, 0) is 4.79 Å². The van der Waals surface area contributed by atoms with Gasteiger partial charge in [-0.15, -0.1) is 24.9 Å². The summed E-state index contributed by atoms with van der Waals surface area (Å²) in [6.45, 7) is 0. The van der Waals surface area contributed by atoms with Gasteiger partial charge in [0.05, 0.1) is 12.0 Å². The summed E-state index contributed by atoms with van der Waals surface area (Å²) in [7, 11) is 0. The Bertz CT molecular complexity index is 876. The van der Waals surface area contributed by atoms with Crippen LogP contribution < -0.4 is 10.1 Å². The van der Waals surface area contributed by atoms with Gasteiger partial charge in [-0.25, -0.2) is 0 Å². The average Bonchev–Trinajstić information content (AvgIpc) is 3.16. The lowest BCUT2D eigenvalue weighted by atomic mass is 10.2. The summed E-state index contributed by atoms with van der Waals surface area (Å²) in [6, 6.07) is 16.2. The molecule has 0 spiro atoms. The molecule has 0 aliphatic heterocycles. The minimum absolute atomic E-state index is 0.168. The number of benzene rings is 2. The number of anilines is 1. The van der Waals surface area contributed by atoms with Crippen molar-refractivity contribution in [3.05, 3.63) is 66.9 Å². The zero-order valence-electron chi connectivity index (χ0n) is 13.8. The molecule has 2 aromatic carbocycles. The molecule has 0 aliphatic rings. The first-order chi connectivity index (χ1) is 12.9. The Labute approximate surface area is 157 Å². The van der Waals surface area contributed by atoms with Crippen molar-refractivity contribution in [3.8, 4) is 17.1 Å². The predicted octanol–water partition coefficient (Wildman–Crippen LogP) is 5.58. The summed E-state index contributed by atoms with van der Waals surface area (Å²) in [5, 5.41) is 2.62. The number of nitrogens with one attached hydrogen (secondary N) is 1. The number of carbonyl (C=O) groups is 1. The third-order valence-corrected chi connectivity index (χ3v) is 4.41. The summed E-state index contributed by atoms with van der Waals surface area (Å²) in [6.07, 6.45) is -3.14. The Balaban J connectivity index is 1.49. The van der Waals surface area contributed by atoms with E-state index in [4.69, 9.17) is 4.42 Å².